The second-order valence-corrected chi connectivity index (χ2v) is 2.61. The van der Waals surface area contributed by atoms with E-state index in [0.717, 1.165) is 17.7 Å². The lowest BCUT2D eigenvalue weighted by molar-refractivity contribution is 0.0563. The molecular formula is C9H13NO3. The maximum atomic E-state index is 11.1. The minimum Gasteiger partial charge on any atom is -0.463 e. The van der Waals surface area contributed by atoms with Crippen LogP contribution in [0, 0.1) is 0 Å². The first kappa shape index (κ1) is 9.80. The van der Waals surface area contributed by atoms with Crippen molar-refractivity contribution < 1.29 is 13.9 Å². The van der Waals surface area contributed by atoms with Crippen LogP contribution in [0.1, 0.15) is 28.8 Å². The highest BCUT2D eigenvalue weighted by molar-refractivity contribution is 5.86. The van der Waals surface area contributed by atoms with Gasteiger partial charge in [-0.3, -0.25) is 0 Å². The van der Waals surface area contributed by atoms with E-state index in [-0.39, 0.29) is 5.76 Å². The van der Waals surface area contributed by atoms with Crippen LogP contribution < -0.4 is 5.73 Å². The first-order valence-corrected chi connectivity index (χ1v) is 4.12. The van der Waals surface area contributed by atoms with Crippen LogP contribution in [-0.2, 0) is 17.7 Å². The molecule has 0 aliphatic carbocycles. The number of carbonyl (C=O) groups is 1. The van der Waals surface area contributed by atoms with Gasteiger partial charge < -0.3 is 14.9 Å². The van der Waals surface area contributed by atoms with Gasteiger partial charge in [0.1, 0.15) is 5.76 Å². The summed E-state index contributed by atoms with van der Waals surface area (Å²) >= 11 is 0. The van der Waals surface area contributed by atoms with Gasteiger partial charge in [-0.2, -0.15) is 0 Å². The maximum absolute atomic E-state index is 11.1. The van der Waals surface area contributed by atoms with Gasteiger partial charge in [0.25, 0.3) is 0 Å². The molecule has 0 spiro atoms. The summed E-state index contributed by atoms with van der Waals surface area (Å²) in [7, 11) is 1.32. The summed E-state index contributed by atoms with van der Waals surface area (Å²) in [5, 5.41) is 0. The monoisotopic (exact) mass is 183 g/mol. The highest BCUT2D eigenvalue weighted by atomic mass is 16.5. The largest absolute Gasteiger partial charge is 0.463 e. The molecule has 0 saturated carbocycles. The Balaban J connectivity index is 2.99. The Morgan fingerprint density at radius 2 is 2.38 bits per heavy atom. The van der Waals surface area contributed by atoms with Crippen LogP contribution in [0.3, 0.4) is 0 Å². The lowest BCUT2D eigenvalue weighted by Gasteiger charge is -1.93. The van der Waals surface area contributed by atoms with Gasteiger partial charge in [0.2, 0.25) is 5.76 Å². The Kier molecular flexibility index (Phi) is 3.08. The van der Waals surface area contributed by atoms with Gasteiger partial charge in [0.05, 0.1) is 7.11 Å². The molecule has 13 heavy (non-hydrogen) atoms. The Morgan fingerprint density at radius 3 is 2.77 bits per heavy atom. The molecule has 72 valence electrons. The third-order valence-electron chi connectivity index (χ3n) is 1.82. The third kappa shape index (κ3) is 1.89. The molecule has 0 fully saturated rings. The average Bonchev–Trinajstić information content (AvgIpc) is 2.59. The molecule has 0 aliphatic heterocycles. The summed E-state index contributed by atoms with van der Waals surface area (Å²) in [5.74, 6) is 0.511. The van der Waals surface area contributed by atoms with Crippen LogP contribution in [0.2, 0.25) is 0 Å². The molecule has 1 aromatic rings. The van der Waals surface area contributed by atoms with E-state index in [1.165, 1.54) is 7.11 Å². The molecule has 0 radical (unpaired) electrons. The van der Waals surface area contributed by atoms with Crippen molar-refractivity contribution in [3.8, 4) is 0 Å². The van der Waals surface area contributed by atoms with E-state index < -0.39 is 5.97 Å². The molecule has 1 heterocycles. The lowest BCUT2D eigenvalue weighted by atomic mass is 10.2. The SMILES string of the molecule is CCc1oc(C(=O)OC)cc1CN. The number of carbonyl (C=O) groups excluding carboxylic acids is 1. The number of rotatable bonds is 3. The minimum atomic E-state index is -0.464. The van der Waals surface area contributed by atoms with E-state index in [0.29, 0.717) is 6.54 Å². The molecule has 0 amide bonds. The molecule has 1 aromatic heterocycles. The zero-order valence-corrected chi connectivity index (χ0v) is 7.79. The minimum absolute atomic E-state index is 0.222. The fourth-order valence-corrected chi connectivity index (χ4v) is 1.14. The van der Waals surface area contributed by atoms with E-state index in [4.69, 9.17) is 10.2 Å². The van der Waals surface area contributed by atoms with Crippen molar-refractivity contribution in [3.63, 3.8) is 0 Å². The number of hydrogen-bond acceptors (Lipinski definition) is 4. The number of hydrogen-bond donors (Lipinski definition) is 1. The number of methoxy groups -OCH3 is 1. The summed E-state index contributed by atoms with van der Waals surface area (Å²) < 4.78 is 9.77. The second-order valence-electron chi connectivity index (χ2n) is 2.61. The standard InChI is InChI=1S/C9H13NO3/c1-3-7-6(5-10)4-8(13-7)9(11)12-2/h4H,3,5,10H2,1-2H3. The van der Waals surface area contributed by atoms with Crippen LogP contribution in [-0.4, -0.2) is 13.1 Å². The predicted octanol–water partition coefficient (Wildman–Crippen LogP) is 1.09. The number of esters is 1. The Bertz CT molecular complexity index is 282. The molecule has 4 heteroatoms. The van der Waals surface area contributed by atoms with Gasteiger partial charge in [0, 0.05) is 18.5 Å². The van der Waals surface area contributed by atoms with Gasteiger partial charge in [0.15, 0.2) is 0 Å². The van der Waals surface area contributed by atoms with Crippen LogP contribution in [0.25, 0.3) is 0 Å². The average molecular weight is 183 g/mol. The van der Waals surface area contributed by atoms with Crippen molar-refractivity contribution in [2.24, 2.45) is 5.73 Å². The summed E-state index contributed by atoms with van der Waals surface area (Å²) in [5.41, 5.74) is 6.33. The second kappa shape index (κ2) is 4.09. The number of ether oxygens (including phenoxy) is 1. The quantitative estimate of drug-likeness (QED) is 0.712. The molecule has 0 aromatic carbocycles. The van der Waals surface area contributed by atoms with Gasteiger partial charge in [-0.15, -0.1) is 0 Å². The van der Waals surface area contributed by atoms with Crippen molar-refractivity contribution in [2.75, 3.05) is 7.11 Å². The van der Waals surface area contributed by atoms with Crippen molar-refractivity contribution in [2.45, 2.75) is 19.9 Å². The summed E-state index contributed by atoms with van der Waals surface area (Å²) in [4.78, 5) is 11.1. The van der Waals surface area contributed by atoms with Gasteiger partial charge in [-0.25, -0.2) is 4.79 Å². The molecule has 1 rings (SSSR count). The van der Waals surface area contributed by atoms with Crippen LogP contribution in [0.4, 0.5) is 0 Å². The summed E-state index contributed by atoms with van der Waals surface area (Å²) in [6.45, 7) is 2.32. The Hall–Kier alpha value is -1.29. The summed E-state index contributed by atoms with van der Waals surface area (Å²) in [6, 6.07) is 1.63. The number of furan rings is 1. The van der Waals surface area contributed by atoms with E-state index in [1.807, 2.05) is 6.92 Å². The molecular weight excluding hydrogens is 170 g/mol. The molecule has 0 atom stereocenters. The van der Waals surface area contributed by atoms with Gasteiger partial charge in [-0.05, 0) is 6.07 Å². The normalized spacial score (nSPS) is 10.1. The Labute approximate surface area is 76.7 Å². The van der Waals surface area contributed by atoms with Gasteiger partial charge >= 0.3 is 5.97 Å². The first-order chi connectivity index (χ1) is 6.22. The molecule has 2 N–H and O–H groups in total. The van der Waals surface area contributed by atoms with Crippen molar-refractivity contribution >= 4 is 5.97 Å². The van der Waals surface area contributed by atoms with Crippen LogP contribution in [0.5, 0.6) is 0 Å². The number of nitrogens with two attached hydrogens (primary N) is 1. The van der Waals surface area contributed by atoms with Crippen molar-refractivity contribution in [3.05, 3.63) is 23.2 Å². The fraction of sp³-hybridized carbons (Fsp3) is 0.444. The molecule has 0 saturated heterocycles. The highest BCUT2D eigenvalue weighted by Crippen LogP contribution is 2.16. The third-order valence-corrected chi connectivity index (χ3v) is 1.82. The van der Waals surface area contributed by atoms with E-state index in [9.17, 15) is 4.79 Å². The zero-order valence-electron chi connectivity index (χ0n) is 7.79. The fourth-order valence-electron chi connectivity index (χ4n) is 1.14. The maximum Gasteiger partial charge on any atom is 0.373 e. The van der Waals surface area contributed by atoms with Gasteiger partial charge in [-0.1, -0.05) is 6.92 Å². The molecule has 4 nitrogen and oxygen atoms in total. The van der Waals surface area contributed by atoms with Crippen molar-refractivity contribution in [1.82, 2.24) is 0 Å². The lowest BCUT2D eigenvalue weighted by Crippen LogP contribution is -1.99. The van der Waals surface area contributed by atoms with Crippen molar-refractivity contribution in [1.29, 1.82) is 0 Å². The molecule has 0 bridgehead atoms. The van der Waals surface area contributed by atoms with E-state index in [1.54, 1.807) is 6.07 Å². The van der Waals surface area contributed by atoms with Crippen LogP contribution in [0.15, 0.2) is 10.5 Å². The highest BCUT2D eigenvalue weighted by Gasteiger charge is 2.14. The molecule has 0 aliphatic rings. The Morgan fingerprint density at radius 1 is 1.69 bits per heavy atom. The first-order valence-electron chi connectivity index (χ1n) is 4.12. The zero-order chi connectivity index (χ0) is 9.84. The smallest absolute Gasteiger partial charge is 0.373 e. The predicted molar refractivity (Wildman–Crippen MR) is 47.3 cm³/mol. The van der Waals surface area contributed by atoms with E-state index in [2.05, 4.69) is 4.74 Å². The summed E-state index contributed by atoms with van der Waals surface area (Å²) in [6.07, 6.45) is 0.726. The topological polar surface area (TPSA) is 65.5 Å². The van der Waals surface area contributed by atoms with Crippen LogP contribution >= 0.6 is 0 Å². The number of aryl methyl sites for hydroxylation is 1. The van der Waals surface area contributed by atoms with E-state index >= 15 is 0 Å². The molecule has 0 unspecified atom stereocenters.